The van der Waals surface area contributed by atoms with Crippen LogP contribution in [0.4, 0.5) is 0 Å². The number of esters is 1. The molecule has 0 aliphatic heterocycles. The molecule has 0 aliphatic carbocycles. The summed E-state index contributed by atoms with van der Waals surface area (Å²) in [4.78, 5) is 11.4. The predicted molar refractivity (Wildman–Crippen MR) is 68.3 cm³/mol. The van der Waals surface area contributed by atoms with E-state index in [9.17, 15) is 9.36 Å². The highest BCUT2D eigenvalue weighted by molar-refractivity contribution is 7.25. The van der Waals surface area contributed by atoms with Gasteiger partial charge in [0.15, 0.2) is 0 Å². The van der Waals surface area contributed by atoms with Gasteiger partial charge in [0.2, 0.25) is 14.8 Å². The number of hydrogen-bond acceptors (Lipinski definition) is 5. The lowest BCUT2D eigenvalue weighted by atomic mass is 10.3. The van der Waals surface area contributed by atoms with E-state index in [-0.39, 0.29) is 14.0 Å². The van der Waals surface area contributed by atoms with E-state index in [1.165, 1.54) is 6.92 Å². The van der Waals surface area contributed by atoms with Crippen LogP contribution in [0.25, 0.3) is 0 Å². The Morgan fingerprint density at radius 3 is 2.44 bits per heavy atom. The fourth-order valence-corrected chi connectivity index (χ4v) is 1.33. The van der Waals surface area contributed by atoms with E-state index in [1.54, 1.807) is 13.8 Å². The van der Waals surface area contributed by atoms with E-state index in [0.29, 0.717) is 13.0 Å². The fraction of sp³-hybridized carbons (Fsp3) is 0.750. The van der Waals surface area contributed by atoms with Gasteiger partial charge < -0.3 is 9.47 Å². The molecule has 0 saturated heterocycles. The molecule has 0 saturated carbocycles. The van der Waals surface area contributed by atoms with E-state index in [0.717, 1.165) is 6.42 Å². The fourth-order valence-electron chi connectivity index (χ4n) is 1.03. The average Bonchev–Trinajstić information content (AvgIpc) is 2.35. The SMILES string of the molecule is C=C(C)C(=O)OC(CC)OC(C)(OCCC)P=O. The monoisotopic (exact) mass is 276 g/mol. The minimum absolute atomic E-state index is 0.285. The highest BCUT2D eigenvalue weighted by atomic mass is 31.1. The number of carbonyl (C=O) groups excluding carboxylic acids is 1. The van der Waals surface area contributed by atoms with Crippen LogP contribution in [-0.4, -0.2) is 24.4 Å². The van der Waals surface area contributed by atoms with Crippen LogP contribution in [0.1, 0.15) is 40.5 Å². The molecule has 0 aromatic heterocycles. The quantitative estimate of drug-likeness (QED) is 0.280. The van der Waals surface area contributed by atoms with E-state index >= 15 is 0 Å². The molecule has 0 aromatic rings. The summed E-state index contributed by atoms with van der Waals surface area (Å²) in [5, 5.41) is 0. The summed E-state index contributed by atoms with van der Waals surface area (Å²) in [5.41, 5.74) is -1.01. The van der Waals surface area contributed by atoms with Gasteiger partial charge in [0, 0.05) is 18.9 Å². The third kappa shape index (κ3) is 6.24. The van der Waals surface area contributed by atoms with Gasteiger partial charge in [-0.3, -0.25) is 9.30 Å². The molecule has 104 valence electrons. The lowest BCUT2D eigenvalue weighted by molar-refractivity contribution is -0.252. The maximum atomic E-state index is 11.4. The third-order valence-corrected chi connectivity index (χ3v) is 2.58. The van der Waals surface area contributed by atoms with Crippen LogP contribution in [0.3, 0.4) is 0 Å². The molecule has 0 fully saturated rings. The highest BCUT2D eigenvalue weighted by Gasteiger charge is 2.31. The molecule has 0 radical (unpaired) electrons. The number of ether oxygens (including phenoxy) is 3. The Morgan fingerprint density at radius 1 is 1.44 bits per heavy atom. The second kappa shape index (κ2) is 8.35. The average molecular weight is 276 g/mol. The predicted octanol–water partition coefficient (Wildman–Crippen LogP) is 3.25. The van der Waals surface area contributed by atoms with Gasteiger partial charge in [0.1, 0.15) is 0 Å². The summed E-state index contributed by atoms with van der Waals surface area (Å²) >= 11 is 0. The van der Waals surface area contributed by atoms with Crippen LogP contribution in [-0.2, 0) is 23.6 Å². The zero-order chi connectivity index (χ0) is 14.2. The van der Waals surface area contributed by atoms with E-state index < -0.39 is 17.8 Å². The van der Waals surface area contributed by atoms with Gasteiger partial charge in [-0.25, -0.2) is 4.79 Å². The summed E-state index contributed by atoms with van der Waals surface area (Å²) in [6, 6.07) is 0. The molecule has 0 aliphatic rings. The number of rotatable bonds is 9. The Morgan fingerprint density at radius 2 is 2.06 bits per heavy atom. The van der Waals surface area contributed by atoms with Gasteiger partial charge in [0.05, 0.1) is 6.61 Å². The Hall–Kier alpha value is -0.770. The van der Waals surface area contributed by atoms with Gasteiger partial charge in [0.25, 0.3) is 5.53 Å². The summed E-state index contributed by atoms with van der Waals surface area (Å²) in [6.45, 7) is 10.7. The molecule has 2 atom stereocenters. The maximum Gasteiger partial charge on any atom is 0.335 e. The zero-order valence-electron chi connectivity index (χ0n) is 11.4. The molecule has 6 heteroatoms. The topological polar surface area (TPSA) is 61.8 Å². The Kier molecular flexibility index (Phi) is 8.00. The summed E-state index contributed by atoms with van der Waals surface area (Å²) in [7, 11) is -0.313. The van der Waals surface area contributed by atoms with E-state index in [4.69, 9.17) is 14.2 Å². The Bertz CT molecular complexity index is 305. The smallest absolute Gasteiger partial charge is 0.335 e. The Balaban J connectivity index is 4.52. The van der Waals surface area contributed by atoms with Gasteiger partial charge in [-0.15, -0.1) is 0 Å². The molecule has 5 nitrogen and oxygen atoms in total. The number of hydrogen-bond donors (Lipinski definition) is 0. The summed E-state index contributed by atoms with van der Waals surface area (Å²) in [6.07, 6.45) is 0.397. The van der Waals surface area contributed by atoms with Crippen molar-refractivity contribution in [3.63, 3.8) is 0 Å². The van der Waals surface area contributed by atoms with E-state index in [1.807, 2.05) is 6.92 Å². The minimum Gasteiger partial charge on any atom is -0.432 e. The summed E-state index contributed by atoms with van der Waals surface area (Å²) in [5.74, 6) is -0.540. The first kappa shape index (κ1) is 17.2. The van der Waals surface area contributed by atoms with Gasteiger partial charge in [-0.05, 0) is 13.3 Å². The lowest BCUT2D eigenvalue weighted by Gasteiger charge is -2.27. The molecule has 0 spiro atoms. The largest absolute Gasteiger partial charge is 0.432 e. The highest BCUT2D eigenvalue weighted by Crippen LogP contribution is 2.28. The molecular weight excluding hydrogens is 255 g/mol. The van der Waals surface area contributed by atoms with Crippen molar-refractivity contribution in [3.05, 3.63) is 12.2 Å². The van der Waals surface area contributed by atoms with Crippen molar-refractivity contribution >= 4 is 14.4 Å². The first-order valence-corrected chi connectivity index (χ1v) is 6.72. The first-order chi connectivity index (χ1) is 8.38. The van der Waals surface area contributed by atoms with Crippen molar-refractivity contribution in [1.29, 1.82) is 0 Å². The van der Waals surface area contributed by atoms with Crippen LogP contribution in [0, 0.1) is 0 Å². The Labute approximate surface area is 110 Å². The van der Waals surface area contributed by atoms with Crippen molar-refractivity contribution in [1.82, 2.24) is 0 Å². The molecule has 2 unspecified atom stereocenters. The van der Waals surface area contributed by atoms with Crippen LogP contribution in [0.15, 0.2) is 12.2 Å². The molecule has 0 amide bonds. The van der Waals surface area contributed by atoms with Crippen molar-refractivity contribution in [2.75, 3.05) is 6.61 Å². The van der Waals surface area contributed by atoms with Crippen LogP contribution < -0.4 is 0 Å². The van der Waals surface area contributed by atoms with Crippen LogP contribution in [0.2, 0.25) is 0 Å². The second-order valence-corrected chi connectivity index (χ2v) is 4.97. The molecule has 0 heterocycles. The second-order valence-electron chi connectivity index (χ2n) is 3.98. The van der Waals surface area contributed by atoms with Gasteiger partial charge in [-0.2, -0.15) is 0 Å². The molecule has 18 heavy (non-hydrogen) atoms. The molecular formula is C12H21O5P. The first-order valence-electron chi connectivity index (χ1n) is 5.91. The van der Waals surface area contributed by atoms with Gasteiger partial charge >= 0.3 is 5.97 Å². The normalized spacial score (nSPS) is 16.0. The summed E-state index contributed by atoms with van der Waals surface area (Å²) < 4.78 is 26.9. The van der Waals surface area contributed by atoms with Crippen LogP contribution >= 0.6 is 8.46 Å². The number of carbonyl (C=O) groups is 1. The van der Waals surface area contributed by atoms with Crippen molar-refractivity contribution in [2.24, 2.45) is 0 Å². The van der Waals surface area contributed by atoms with Crippen LogP contribution in [0.5, 0.6) is 0 Å². The molecule has 0 N–H and O–H groups in total. The maximum absolute atomic E-state index is 11.4. The van der Waals surface area contributed by atoms with Crippen molar-refractivity contribution < 1.29 is 23.6 Å². The minimum atomic E-state index is -1.30. The van der Waals surface area contributed by atoms with Crippen molar-refractivity contribution in [2.45, 2.75) is 52.4 Å². The molecule has 0 rings (SSSR count). The van der Waals surface area contributed by atoms with Gasteiger partial charge in [-0.1, -0.05) is 20.4 Å². The van der Waals surface area contributed by atoms with Crippen molar-refractivity contribution in [3.8, 4) is 0 Å². The lowest BCUT2D eigenvalue weighted by Crippen LogP contribution is -2.34. The molecule has 0 aromatic carbocycles. The van der Waals surface area contributed by atoms with E-state index in [2.05, 4.69) is 6.58 Å². The standard InChI is InChI=1S/C12H21O5P/c1-6-8-15-12(5,18-14)17-10(7-2)16-11(13)9(3)4/h10H,3,6-8H2,1-2,4-5H3. The third-order valence-electron chi connectivity index (χ3n) is 2.01. The molecule has 0 bridgehead atoms. The zero-order valence-corrected chi connectivity index (χ0v) is 12.3.